The maximum Gasteiger partial charge on any atom is 0.433 e. The van der Waals surface area contributed by atoms with Gasteiger partial charge in [-0.05, 0) is 53.9 Å². The number of carbonyl (C=O) groups excluding carboxylic acids is 1. The first-order valence-corrected chi connectivity index (χ1v) is 11.4. The maximum atomic E-state index is 14.8. The van der Waals surface area contributed by atoms with Gasteiger partial charge in [0.05, 0.1) is 25.5 Å². The van der Waals surface area contributed by atoms with E-state index in [1.807, 2.05) is 4.90 Å². The molecule has 1 fully saturated rings. The Kier molecular flexibility index (Phi) is 7.89. The standard InChI is InChI=1S/C25H24F4N4O4/c1-15-10-19(26)20(31-24(35)16-2-3-30-21(11-16)25(27,28)29)14-18(15)17-12-22(33-4-7-36-8-5-33)32-23(13-17)37-9-6-34/h2-3,10-14,34H,4-9H2,1H3,(H,31,35). The average Bonchev–Trinajstić information content (AvgIpc) is 2.89. The summed E-state index contributed by atoms with van der Waals surface area (Å²) in [5, 5.41) is 11.5. The number of aromatic nitrogens is 2. The molecule has 12 heteroatoms. The molecule has 1 saturated heterocycles. The van der Waals surface area contributed by atoms with Gasteiger partial charge in [-0.3, -0.25) is 9.78 Å². The summed E-state index contributed by atoms with van der Waals surface area (Å²) in [7, 11) is 0. The quantitative estimate of drug-likeness (QED) is 0.454. The highest BCUT2D eigenvalue weighted by Gasteiger charge is 2.33. The molecular weight excluding hydrogens is 496 g/mol. The summed E-state index contributed by atoms with van der Waals surface area (Å²) < 4.78 is 64.7. The van der Waals surface area contributed by atoms with Crippen molar-refractivity contribution in [3.63, 3.8) is 0 Å². The second-order valence-electron chi connectivity index (χ2n) is 8.25. The summed E-state index contributed by atoms with van der Waals surface area (Å²) >= 11 is 0. The smallest absolute Gasteiger partial charge is 0.433 e. The van der Waals surface area contributed by atoms with Crippen molar-refractivity contribution in [1.82, 2.24) is 9.97 Å². The van der Waals surface area contributed by atoms with Crippen molar-refractivity contribution in [2.24, 2.45) is 0 Å². The molecule has 1 aliphatic rings. The van der Waals surface area contributed by atoms with Gasteiger partial charge in [0.1, 0.15) is 23.9 Å². The Morgan fingerprint density at radius 1 is 1.19 bits per heavy atom. The highest BCUT2D eigenvalue weighted by Crippen LogP contribution is 2.34. The molecule has 3 aromatic rings. The van der Waals surface area contributed by atoms with Gasteiger partial charge in [0.2, 0.25) is 5.88 Å². The van der Waals surface area contributed by atoms with Crippen molar-refractivity contribution in [3.8, 4) is 17.0 Å². The predicted molar refractivity (Wildman–Crippen MR) is 127 cm³/mol. The lowest BCUT2D eigenvalue weighted by Gasteiger charge is -2.28. The number of alkyl halides is 3. The third-order valence-corrected chi connectivity index (χ3v) is 5.65. The number of aliphatic hydroxyl groups is 1. The number of pyridine rings is 2. The summed E-state index contributed by atoms with van der Waals surface area (Å²) in [6.07, 6.45) is -3.86. The SMILES string of the molecule is Cc1cc(F)c(NC(=O)c2ccnc(C(F)(F)F)c2)cc1-c1cc(OCCO)nc(N2CCOCC2)c1. The summed E-state index contributed by atoms with van der Waals surface area (Å²) in [6.45, 7) is 3.75. The maximum absolute atomic E-state index is 14.8. The van der Waals surface area contributed by atoms with E-state index in [-0.39, 0.29) is 30.3 Å². The lowest BCUT2D eigenvalue weighted by molar-refractivity contribution is -0.141. The molecule has 1 aliphatic heterocycles. The van der Waals surface area contributed by atoms with Crippen molar-refractivity contribution in [2.75, 3.05) is 49.7 Å². The number of hydrogen-bond donors (Lipinski definition) is 2. The number of aliphatic hydroxyl groups excluding tert-OH is 1. The van der Waals surface area contributed by atoms with E-state index in [9.17, 15) is 22.4 Å². The summed E-state index contributed by atoms with van der Waals surface area (Å²) in [5.41, 5.74) is -0.0477. The number of anilines is 2. The fraction of sp³-hybridized carbons (Fsp3) is 0.320. The number of carbonyl (C=O) groups is 1. The fourth-order valence-electron chi connectivity index (χ4n) is 3.83. The molecule has 1 amide bonds. The minimum Gasteiger partial charge on any atom is -0.475 e. The van der Waals surface area contributed by atoms with E-state index in [0.29, 0.717) is 54.9 Å². The van der Waals surface area contributed by atoms with Crippen LogP contribution in [0.4, 0.5) is 29.1 Å². The molecule has 8 nitrogen and oxygen atoms in total. The Morgan fingerprint density at radius 3 is 2.65 bits per heavy atom. The van der Waals surface area contributed by atoms with Crippen LogP contribution in [0, 0.1) is 12.7 Å². The topological polar surface area (TPSA) is 96.8 Å². The highest BCUT2D eigenvalue weighted by molar-refractivity contribution is 6.04. The third kappa shape index (κ3) is 6.33. The Morgan fingerprint density at radius 2 is 1.95 bits per heavy atom. The second kappa shape index (κ2) is 11.1. The molecule has 4 rings (SSSR count). The number of halogens is 4. The molecule has 0 unspecified atom stereocenters. The first-order valence-electron chi connectivity index (χ1n) is 11.4. The molecule has 2 aromatic heterocycles. The van der Waals surface area contributed by atoms with Crippen LogP contribution in [0.1, 0.15) is 21.6 Å². The number of amides is 1. The fourth-order valence-corrected chi connectivity index (χ4v) is 3.83. The van der Waals surface area contributed by atoms with Gasteiger partial charge in [-0.1, -0.05) is 0 Å². The van der Waals surface area contributed by atoms with Crippen LogP contribution in [-0.4, -0.2) is 60.5 Å². The molecule has 0 radical (unpaired) electrons. The normalized spacial score (nSPS) is 13.9. The summed E-state index contributed by atoms with van der Waals surface area (Å²) in [4.78, 5) is 22.4. The number of morpholine rings is 1. The molecule has 0 aliphatic carbocycles. The number of benzene rings is 1. The second-order valence-corrected chi connectivity index (χ2v) is 8.25. The Balaban J connectivity index is 1.69. The van der Waals surface area contributed by atoms with Crippen LogP contribution in [0.3, 0.4) is 0 Å². The zero-order valence-corrected chi connectivity index (χ0v) is 19.8. The van der Waals surface area contributed by atoms with Gasteiger partial charge in [0.15, 0.2) is 0 Å². The molecule has 196 valence electrons. The van der Waals surface area contributed by atoms with Crippen molar-refractivity contribution in [1.29, 1.82) is 0 Å². The van der Waals surface area contributed by atoms with Gasteiger partial charge in [-0.2, -0.15) is 18.2 Å². The number of ether oxygens (including phenoxy) is 2. The molecule has 0 spiro atoms. The van der Waals surface area contributed by atoms with E-state index in [1.54, 1.807) is 19.1 Å². The van der Waals surface area contributed by atoms with Crippen molar-refractivity contribution in [2.45, 2.75) is 13.1 Å². The Bertz CT molecular complexity index is 1280. The first kappa shape index (κ1) is 26.3. The van der Waals surface area contributed by atoms with Gasteiger partial charge in [-0.25, -0.2) is 4.39 Å². The molecular formula is C25H24F4N4O4. The minimum absolute atomic E-state index is 0.0224. The molecule has 0 bridgehead atoms. The summed E-state index contributed by atoms with van der Waals surface area (Å²) in [5.74, 6) is -0.824. The Labute approximate surface area is 209 Å². The van der Waals surface area contributed by atoms with Gasteiger partial charge < -0.3 is 24.8 Å². The van der Waals surface area contributed by atoms with Crippen molar-refractivity contribution < 1.29 is 36.9 Å². The van der Waals surface area contributed by atoms with Crippen LogP contribution >= 0.6 is 0 Å². The Hall–Kier alpha value is -3.77. The largest absolute Gasteiger partial charge is 0.475 e. The molecule has 1 aromatic carbocycles. The van der Waals surface area contributed by atoms with Crippen LogP contribution in [-0.2, 0) is 10.9 Å². The highest BCUT2D eigenvalue weighted by atomic mass is 19.4. The van der Waals surface area contributed by atoms with E-state index in [0.717, 1.165) is 12.3 Å². The molecule has 3 heterocycles. The number of hydrogen-bond acceptors (Lipinski definition) is 7. The van der Waals surface area contributed by atoms with E-state index < -0.39 is 23.6 Å². The molecule has 0 atom stereocenters. The van der Waals surface area contributed by atoms with E-state index >= 15 is 0 Å². The van der Waals surface area contributed by atoms with Gasteiger partial charge >= 0.3 is 6.18 Å². The summed E-state index contributed by atoms with van der Waals surface area (Å²) in [6, 6.07) is 7.76. The van der Waals surface area contributed by atoms with E-state index in [2.05, 4.69) is 15.3 Å². The lowest BCUT2D eigenvalue weighted by atomic mass is 9.99. The number of rotatable bonds is 7. The van der Waals surface area contributed by atoms with E-state index in [1.165, 1.54) is 12.1 Å². The van der Waals surface area contributed by atoms with Crippen molar-refractivity contribution in [3.05, 3.63) is 65.2 Å². The zero-order valence-electron chi connectivity index (χ0n) is 19.8. The number of nitrogens with zero attached hydrogens (tertiary/aromatic N) is 3. The molecule has 2 N–H and O–H groups in total. The van der Waals surface area contributed by atoms with Gasteiger partial charge in [0.25, 0.3) is 5.91 Å². The van der Waals surface area contributed by atoms with Crippen molar-refractivity contribution >= 4 is 17.4 Å². The van der Waals surface area contributed by atoms with Crippen LogP contribution in [0.25, 0.3) is 11.1 Å². The lowest BCUT2D eigenvalue weighted by Crippen LogP contribution is -2.36. The van der Waals surface area contributed by atoms with Crippen LogP contribution in [0.15, 0.2) is 42.6 Å². The number of aryl methyl sites for hydroxylation is 1. The van der Waals surface area contributed by atoms with Crippen LogP contribution in [0.2, 0.25) is 0 Å². The van der Waals surface area contributed by atoms with Crippen LogP contribution in [0.5, 0.6) is 5.88 Å². The van der Waals surface area contributed by atoms with Crippen LogP contribution < -0.4 is 15.0 Å². The van der Waals surface area contributed by atoms with Gasteiger partial charge in [-0.15, -0.1) is 0 Å². The number of nitrogens with one attached hydrogen (secondary N) is 1. The average molecular weight is 520 g/mol. The minimum atomic E-state index is -4.73. The monoisotopic (exact) mass is 520 g/mol. The van der Waals surface area contributed by atoms with Gasteiger partial charge in [0, 0.05) is 30.9 Å². The zero-order chi connectivity index (χ0) is 26.6. The van der Waals surface area contributed by atoms with E-state index in [4.69, 9.17) is 14.6 Å². The predicted octanol–water partition coefficient (Wildman–Crippen LogP) is 4.07. The third-order valence-electron chi connectivity index (χ3n) is 5.65. The first-order chi connectivity index (χ1) is 17.7. The molecule has 37 heavy (non-hydrogen) atoms. The molecule has 0 saturated carbocycles.